The third-order valence-corrected chi connectivity index (χ3v) is 3.76. The highest BCUT2D eigenvalue weighted by Crippen LogP contribution is 2.28. The van der Waals surface area contributed by atoms with E-state index in [1.165, 1.54) is 32.1 Å². The van der Waals surface area contributed by atoms with Gasteiger partial charge in [-0.1, -0.05) is 31.5 Å². The Morgan fingerprint density at radius 3 is 2.50 bits per heavy atom. The molecule has 0 bridgehead atoms. The fourth-order valence-electron chi connectivity index (χ4n) is 2.58. The highest BCUT2D eigenvalue weighted by molar-refractivity contribution is 5.92. The van der Waals surface area contributed by atoms with E-state index >= 15 is 0 Å². The number of hydrogen-bond donors (Lipinski definition) is 2. The first kappa shape index (κ1) is 12.9. The van der Waals surface area contributed by atoms with Crippen molar-refractivity contribution in [3.05, 3.63) is 30.3 Å². The summed E-state index contributed by atoms with van der Waals surface area (Å²) in [6.07, 6.45) is 6.24. The van der Waals surface area contributed by atoms with E-state index in [4.69, 9.17) is 5.73 Å². The van der Waals surface area contributed by atoms with Gasteiger partial charge in [0, 0.05) is 5.69 Å². The lowest BCUT2D eigenvalue weighted by atomic mass is 9.85. The lowest BCUT2D eigenvalue weighted by molar-refractivity contribution is 0.320. The molecule has 1 saturated carbocycles. The van der Waals surface area contributed by atoms with Crippen LogP contribution in [0.5, 0.6) is 0 Å². The summed E-state index contributed by atoms with van der Waals surface area (Å²) in [5.74, 6) is 1.45. The van der Waals surface area contributed by atoms with Gasteiger partial charge in [0.25, 0.3) is 0 Å². The van der Waals surface area contributed by atoms with E-state index in [2.05, 4.69) is 17.2 Å². The Labute approximate surface area is 109 Å². The van der Waals surface area contributed by atoms with Crippen molar-refractivity contribution in [1.82, 2.24) is 0 Å². The predicted molar refractivity (Wildman–Crippen MR) is 77.7 cm³/mol. The summed E-state index contributed by atoms with van der Waals surface area (Å²) in [7, 11) is 0. The van der Waals surface area contributed by atoms with Crippen LogP contribution in [0.25, 0.3) is 0 Å². The van der Waals surface area contributed by atoms with Crippen LogP contribution in [0.2, 0.25) is 0 Å². The van der Waals surface area contributed by atoms with Gasteiger partial charge in [0.2, 0.25) is 0 Å². The number of hydrogen-bond acceptors (Lipinski definition) is 1. The Hall–Kier alpha value is -1.51. The minimum absolute atomic E-state index is 0.406. The maximum absolute atomic E-state index is 5.94. The van der Waals surface area contributed by atoms with Gasteiger partial charge >= 0.3 is 0 Å². The molecule has 0 aliphatic heterocycles. The fourth-order valence-corrected chi connectivity index (χ4v) is 2.58. The van der Waals surface area contributed by atoms with Gasteiger partial charge in [0.1, 0.15) is 0 Å². The summed E-state index contributed by atoms with van der Waals surface area (Å²) >= 11 is 0. The number of nitrogens with one attached hydrogen (secondary N) is 1. The average Bonchev–Trinajstić information content (AvgIpc) is 2.40. The summed E-state index contributed by atoms with van der Waals surface area (Å²) in [6.45, 7) is 2.28. The van der Waals surface area contributed by atoms with Crippen LogP contribution < -0.4 is 11.1 Å². The van der Waals surface area contributed by atoms with Gasteiger partial charge in [-0.25, -0.2) is 4.99 Å². The molecule has 18 heavy (non-hydrogen) atoms. The smallest absolute Gasteiger partial charge is 0.193 e. The molecule has 1 fully saturated rings. The molecule has 3 N–H and O–H groups in total. The third kappa shape index (κ3) is 3.76. The number of benzene rings is 1. The number of para-hydroxylation sites is 1. The van der Waals surface area contributed by atoms with Crippen LogP contribution in [-0.2, 0) is 0 Å². The number of aliphatic imine (C=N–C) groups is 1. The van der Waals surface area contributed by atoms with Gasteiger partial charge in [-0.2, -0.15) is 0 Å². The molecule has 98 valence electrons. The summed E-state index contributed by atoms with van der Waals surface area (Å²) in [5.41, 5.74) is 6.94. The van der Waals surface area contributed by atoms with Crippen LogP contribution in [0.4, 0.5) is 5.69 Å². The molecule has 0 saturated heterocycles. The Balaban J connectivity index is 1.86. The Kier molecular flexibility index (Phi) is 4.62. The van der Waals surface area contributed by atoms with Gasteiger partial charge in [-0.15, -0.1) is 0 Å². The standard InChI is InChI=1S/C15H23N3/c1-2-12-8-10-14(11-9-12)18-15(16)17-13-6-4-3-5-7-13/h3-7,12,14H,2,8-11H2,1H3,(H3,16,17,18). The zero-order valence-electron chi connectivity index (χ0n) is 11.1. The maximum atomic E-state index is 5.94. The number of guanidine groups is 1. The molecule has 0 atom stereocenters. The zero-order chi connectivity index (χ0) is 12.8. The highest BCUT2D eigenvalue weighted by atomic mass is 15.1. The maximum Gasteiger partial charge on any atom is 0.193 e. The summed E-state index contributed by atoms with van der Waals surface area (Å²) in [4.78, 5) is 4.58. The lowest BCUT2D eigenvalue weighted by Crippen LogP contribution is -2.27. The van der Waals surface area contributed by atoms with Gasteiger partial charge in [-0.05, 0) is 43.7 Å². The Morgan fingerprint density at radius 2 is 1.89 bits per heavy atom. The van der Waals surface area contributed by atoms with Gasteiger partial charge in [0.05, 0.1) is 6.04 Å². The summed E-state index contributed by atoms with van der Waals surface area (Å²) in [6, 6.07) is 10.4. The fraction of sp³-hybridized carbons (Fsp3) is 0.533. The molecule has 0 heterocycles. The van der Waals surface area contributed by atoms with Crippen LogP contribution in [0.3, 0.4) is 0 Å². The predicted octanol–water partition coefficient (Wildman–Crippen LogP) is 3.38. The van der Waals surface area contributed by atoms with Crippen molar-refractivity contribution in [3.8, 4) is 0 Å². The van der Waals surface area contributed by atoms with Crippen molar-refractivity contribution in [1.29, 1.82) is 0 Å². The van der Waals surface area contributed by atoms with E-state index in [9.17, 15) is 0 Å². The normalized spacial score (nSPS) is 24.8. The van der Waals surface area contributed by atoms with E-state index in [-0.39, 0.29) is 0 Å². The molecule has 0 spiro atoms. The van der Waals surface area contributed by atoms with Gasteiger partial charge < -0.3 is 11.1 Å². The molecule has 1 aromatic rings. The molecule has 3 heteroatoms. The molecule has 1 aromatic carbocycles. The molecular weight excluding hydrogens is 222 g/mol. The van der Waals surface area contributed by atoms with Crippen LogP contribution in [0.15, 0.2) is 35.3 Å². The second kappa shape index (κ2) is 6.43. The first-order valence-electron chi connectivity index (χ1n) is 6.93. The molecule has 1 aliphatic carbocycles. The van der Waals surface area contributed by atoms with Crippen molar-refractivity contribution in [3.63, 3.8) is 0 Å². The number of anilines is 1. The second-order valence-corrected chi connectivity index (χ2v) is 5.09. The quantitative estimate of drug-likeness (QED) is 0.633. The largest absolute Gasteiger partial charge is 0.370 e. The number of rotatable bonds is 3. The SMILES string of the molecule is CCC1CCC(N=C(N)Nc2ccccc2)CC1. The lowest BCUT2D eigenvalue weighted by Gasteiger charge is -2.25. The minimum Gasteiger partial charge on any atom is -0.370 e. The highest BCUT2D eigenvalue weighted by Gasteiger charge is 2.19. The van der Waals surface area contributed by atoms with E-state index < -0.39 is 0 Å². The van der Waals surface area contributed by atoms with Crippen molar-refractivity contribution >= 4 is 11.6 Å². The molecule has 0 amide bonds. The molecule has 0 unspecified atom stereocenters. The molecular formula is C15H23N3. The van der Waals surface area contributed by atoms with Gasteiger partial charge in [-0.3, -0.25) is 0 Å². The Bertz CT molecular complexity index is 378. The average molecular weight is 245 g/mol. The summed E-state index contributed by atoms with van der Waals surface area (Å²) in [5, 5.41) is 3.14. The topological polar surface area (TPSA) is 50.4 Å². The van der Waals surface area contributed by atoms with Crippen molar-refractivity contribution in [2.45, 2.75) is 45.1 Å². The van der Waals surface area contributed by atoms with Crippen molar-refractivity contribution < 1.29 is 0 Å². The van der Waals surface area contributed by atoms with Gasteiger partial charge in [0.15, 0.2) is 5.96 Å². The summed E-state index contributed by atoms with van der Waals surface area (Å²) < 4.78 is 0. The van der Waals surface area contributed by atoms with E-state index in [0.717, 1.165) is 11.6 Å². The first-order valence-corrected chi connectivity index (χ1v) is 6.93. The second-order valence-electron chi connectivity index (χ2n) is 5.09. The van der Waals surface area contributed by atoms with Crippen LogP contribution in [-0.4, -0.2) is 12.0 Å². The number of nitrogens with zero attached hydrogens (tertiary/aromatic N) is 1. The van der Waals surface area contributed by atoms with Crippen LogP contribution >= 0.6 is 0 Å². The molecule has 1 aliphatic rings. The monoisotopic (exact) mass is 245 g/mol. The molecule has 0 radical (unpaired) electrons. The van der Waals surface area contributed by atoms with E-state index in [0.29, 0.717) is 12.0 Å². The molecule has 2 rings (SSSR count). The van der Waals surface area contributed by atoms with Crippen molar-refractivity contribution in [2.75, 3.05) is 5.32 Å². The van der Waals surface area contributed by atoms with Crippen LogP contribution in [0.1, 0.15) is 39.0 Å². The molecule has 0 aromatic heterocycles. The van der Waals surface area contributed by atoms with E-state index in [1.54, 1.807) is 0 Å². The third-order valence-electron chi connectivity index (χ3n) is 3.76. The first-order chi connectivity index (χ1) is 8.78. The zero-order valence-corrected chi connectivity index (χ0v) is 11.1. The van der Waals surface area contributed by atoms with E-state index in [1.807, 2.05) is 30.3 Å². The minimum atomic E-state index is 0.406. The molecule has 3 nitrogen and oxygen atoms in total. The Morgan fingerprint density at radius 1 is 1.22 bits per heavy atom. The van der Waals surface area contributed by atoms with Crippen LogP contribution in [0, 0.1) is 5.92 Å². The van der Waals surface area contributed by atoms with Crippen molar-refractivity contribution in [2.24, 2.45) is 16.6 Å². The number of nitrogens with two attached hydrogens (primary N) is 1.